The SMILES string of the molecule is CC(=O)C(N)Cc1ccc(C(=O)c2ccc(CC(N)C(C)=O)cc2)cc1. The van der Waals surface area contributed by atoms with Crippen molar-refractivity contribution in [2.45, 2.75) is 38.8 Å². The second kappa shape index (κ2) is 8.65. The Morgan fingerprint density at radius 1 is 0.692 bits per heavy atom. The minimum absolute atomic E-state index is 0.0604. The molecule has 0 bridgehead atoms. The Kier molecular flexibility index (Phi) is 6.55. The van der Waals surface area contributed by atoms with Crippen LogP contribution in [-0.2, 0) is 22.4 Å². The van der Waals surface area contributed by atoms with Gasteiger partial charge in [-0.05, 0) is 37.8 Å². The third-order valence-corrected chi connectivity index (χ3v) is 4.39. The van der Waals surface area contributed by atoms with Gasteiger partial charge < -0.3 is 11.5 Å². The van der Waals surface area contributed by atoms with Gasteiger partial charge in [0.1, 0.15) is 11.6 Å². The predicted octanol–water partition coefficient (Wildman–Crippen LogP) is 1.84. The van der Waals surface area contributed by atoms with Crippen molar-refractivity contribution in [1.82, 2.24) is 0 Å². The Balaban J connectivity index is 2.06. The van der Waals surface area contributed by atoms with E-state index in [0.29, 0.717) is 24.0 Å². The molecule has 2 rings (SSSR count). The van der Waals surface area contributed by atoms with Crippen molar-refractivity contribution >= 4 is 17.3 Å². The summed E-state index contributed by atoms with van der Waals surface area (Å²) in [6, 6.07) is 13.2. The first kappa shape index (κ1) is 19.7. The van der Waals surface area contributed by atoms with Gasteiger partial charge in [-0.2, -0.15) is 0 Å². The average Bonchev–Trinajstić information content (AvgIpc) is 2.62. The Morgan fingerprint density at radius 3 is 1.27 bits per heavy atom. The second-order valence-electron chi connectivity index (χ2n) is 6.57. The van der Waals surface area contributed by atoms with E-state index in [-0.39, 0.29) is 17.3 Å². The van der Waals surface area contributed by atoms with E-state index in [4.69, 9.17) is 11.5 Å². The molecule has 0 spiro atoms. The molecular formula is C21H24N2O3. The Bertz CT molecular complexity index is 728. The van der Waals surface area contributed by atoms with Crippen LogP contribution >= 0.6 is 0 Å². The zero-order valence-corrected chi connectivity index (χ0v) is 15.1. The lowest BCUT2D eigenvalue weighted by Crippen LogP contribution is -2.30. The predicted molar refractivity (Wildman–Crippen MR) is 101 cm³/mol. The van der Waals surface area contributed by atoms with Gasteiger partial charge in [0, 0.05) is 11.1 Å². The first-order valence-corrected chi connectivity index (χ1v) is 8.52. The molecule has 2 unspecified atom stereocenters. The molecule has 0 saturated carbocycles. The first-order valence-electron chi connectivity index (χ1n) is 8.52. The van der Waals surface area contributed by atoms with Gasteiger partial charge in [0.15, 0.2) is 5.78 Å². The van der Waals surface area contributed by atoms with Gasteiger partial charge in [-0.15, -0.1) is 0 Å². The van der Waals surface area contributed by atoms with Crippen LogP contribution in [0, 0.1) is 0 Å². The van der Waals surface area contributed by atoms with Crippen molar-refractivity contribution in [2.24, 2.45) is 11.5 Å². The molecular weight excluding hydrogens is 328 g/mol. The topological polar surface area (TPSA) is 103 Å². The van der Waals surface area contributed by atoms with Gasteiger partial charge >= 0.3 is 0 Å². The van der Waals surface area contributed by atoms with Crippen molar-refractivity contribution in [3.8, 4) is 0 Å². The van der Waals surface area contributed by atoms with Gasteiger partial charge in [-0.25, -0.2) is 0 Å². The highest BCUT2D eigenvalue weighted by atomic mass is 16.1. The normalized spacial score (nSPS) is 13.1. The highest BCUT2D eigenvalue weighted by Crippen LogP contribution is 2.14. The number of Topliss-reactive ketones (excluding diaryl/α,β-unsaturated/α-hetero) is 2. The molecule has 0 aromatic heterocycles. The number of benzene rings is 2. The third-order valence-electron chi connectivity index (χ3n) is 4.39. The van der Waals surface area contributed by atoms with Gasteiger partial charge in [0.25, 0.3) is 0 Å². The molecule has 2 aromatic rings. The Labute approximate surface area is 153 Å². The minimum Gasteiger partial charge on any atom is -0.321 e. The second-order valence-corrected chi connectivity index (χ2v) is 6.57. The monoisotopic (exact) mass is 352 g/mol. The van der Waals surface area contributed by atoms with E-state index in [1.165, 1.54) is 13.8 Å². The number of hydrogen-bond donors (Lipinski definition) is 2. The van der Waals surface area contributed by atoms with E-state index in [9.17, 15) is 14.4 Å². The maximum absolute atomic E-state index is 12.6. The molecule has 0 amide bonds. The minimum atomic E-state index is -0.523. The summed E-state index contributed by atoms with van der Waals surface area (Å²) in [5.74, 6) is -0.209. The Hall–Kier alpha value is -2.63. The smallest absolute Gasteiger partial charge is 0.193 e. The number of hydrogen-bond acceptors (Lipinski definition) is 5. The first-order chi connectivity index (χ1) is 12.3. The summed E-state index contributed by atoms with van der Waals surface area (Å²) in [6.07, 6.45) is 0.907. The van der Waals surface area contributed by atoms with Crippen molar-refractivity contribution in [1.29, 1.82) is 0 Å². The molecule has 2 atom stereocenters. The number of nitrogens with two attached hydrogens (primary N) is 2. The third kappa shape index (κ3) is 5.18. The largest absolute Gasteiger partial charge is 0.321 e. The zero-order valence-electron chi connectivity index (χ0n) is 15.1. The molecule has 0 aliphatic carbocycles. The maximum atomic E-state index is 12.6. The highest BCUT2D eigenvalue weighted by molar-refractivity contribution is 6.09. The van der Waals surface area contributed by atoms with Crippen LogP contribution in [0.15, 0.2) is 48.5 Å². The van der Waals surface area contributed by atoms with E-state index >= 15 is 0 Å². The Morgan fingerprint density at radius 2 is 1.00 bits per heavy atom. The quantitative estimate of drug-likeness (QED) is 0.706. The zero-order chi connectivity index (χ0) is 19.3. The number of carbonyl (C=O) groups is 3. The summed E-state index contributed by atoms with van der Waals surface area (Å²) in [4.78, 5) is 35.0. The summed E-state index contributed by atoms with van der Waals surface area (Å²) >= 11 is 0. The molecule has 5 nitrogen and oxygen atoms in total. The van der Waals surface area contributed by atoms with E-state index in [1.54, 1.807) is 24.3 Å². The summed E-state index contributed by atoms with van der Waals surface area (Å²) in [5.41, 5.74) is 14.5. The molecule has 0 aliphatic heterocycles. The summed E-state index contributed by atoms with van der Waals surface area (Å²) in [6.45, 7) is 2.94. The lowest BCUT2D eigenvalue weighted by molar-refractivity contribution is -0.119. The van der Waals surface area contributed by atoms with Crippen LogP contribution in [0.2, 0.25) is 0 Å². The maximum Gasteiger partial charge on any atom is 0.193 e. The van der Waals surface area contributed by atoms with Crippen LogP contribution in [0.25, 0.3) is 0 Å². The molecule has 0 saturated heterocycles. The highest BCUT2D eigenvalue weighted by Gasteiger charge is 2.13. The fourth-order valence-electron chi connectivity index (χ4n) is 2.55. The van der Waals surface area contributed by atoms with Crippen LogP contribution in [0.1, 0.15) is 40.9 Å². The van der Waals surface area contributed by atoms with Crippen LogP contribution in [0.5, 0.6) is 0 Å². The lowest BCUT2D eigenvalue weighted by Gasteiger charge is -2.09. The lowest BCUT2D eigenvalue weighted by atomic mass is 9.97. The van der Waals surface area contributed by atoms with Crippen LogP contribution < -0.4 is 11.5 Å². The fraction of sp³-hybridized carbons (Fsp3) is 0.286. The van der Waals surface area contributed by atoms with E-state index < -0.39 is 12.1 Å². The van der Waals surface area contributed by atoms with Crippen LogP contribution in [-0.4, -0.2) is 29.4 Å². The van der Waals surface area contributed by atoms with E-state index in [2.05, 4.69) is 0 Å². The van der Waals surface area contributed by atoms with Crippen LogP contribution in [0.3, 0.4) is 0 Å². The molecule has 2 aromatic carbocycles. The van der Waals surface area contributed by atoms with Gasteiger partial charge in [0.05, 0.1) is 12.1 Å². The molecule has 4 N–H and O–H groups in total. The van der Waals surface area contributed by atoms with Crippen molar-refractivity contribution < 1.29 is 14.4 Å². The number of ketones is 3. The average molecular weight is 352 g/mol. The van der Waals surface area contributed by atoms with Gasteiger partial charge in [0.2, 0.25) is 0 Å². The van der Waals surface area contributed by atoms with Crippen molar-refractivity contribution in [3.05, 3.63) is 70.8 Å². The molecule has 0 fully saturated rings. The van der Waals surface area contributed by atoms with Crippen molar-refractivity contribution in [3.63, 3.8) is 0 Å². The van der Waals surface area contributed by atoms with Crippen LogP contribution in [0.4, 0.5) is 0 Å². The standard InChI is InChI=1S/C21H24N2O3/c1-13(24)19(22)11-15-3-7-17(8-4-15)21(26)18-9-5-16(6-10-18)12-20(23)14(2)25/h3-10,19-20H,11-12,22-23H2,1-2H3. The summed E-state index contributed by atoms with van der Waals surface area (Å²) < 4.78 is 0. The number of carbonyl (C=O) groups excluding carboxylic acids is 3. The fourth-order valence-corrected chi connectivity index (χ4v) is 2.55. The van der Waals surface area contributed by atoms with E-state index in [1.807, 2.05) is 24.3 Å². The van der Waals surface area contributed by atoms with E-state index in [0.717, 1.165) is 11.1 Å². The van der Waals surface area contributed by atoms with Crippen molar-refractivity contribution in [2.75, 3.05) is 0 Å². The van der Waals surface area contributed by atoms with Gasteiger partial charge in [-0.1, -0.05) is 48.5 Å². The molecule has 136 valence electrons. The summed E-state index contributed by atoms with van der Waals surface area (Å²) in [5, 5.41) is 0. The number of rotatable bonds is 8. The molecule has 5 heteroatoms. The molecule has 0 heterocycles. The molecule has 0 radical (unpaired) electrons. The molecule has 0 aliphatic rings. The van der Waals surface area contributed by atoms with Gasteiger partial charge in [-0.3, -0.25) is 14.4 Å². The molecule has 26 heavy (non-hydrogen) atoms. The summed E-state index contributed by atoms with van der Waals surface area (Å²) in [7, 11) is 0.